The number of para-hydroxylation sites is 1. The summed E-state index contributed by atoms with van der Waals surface area (Å²) in [5, 5.41) is 14.5. The van der Waals surface area contributed by atoms with Gasteiger partial charge >= 0.3 is 6.18 Å². The lowest BCUT2D eigenvalue weighted by molar-refractivity contribution is -0.141. The molecule has 0 radical (unpaired) electrons. The largest absolute Gasteiger partial charge is 0.435 e. The third-order valence-electron chi connectivity index (χ3n) is 4.76. The van der Waals surface area contributed by atoms with E-state index in [2.05, 4.69) is 20.7 Å². The van der Waals surface area contributed by atoms with Crippen molar-refractivity contribution < 1.29 is 18.0 Å². The van der Waals surface area contributed by atoms with Crippen LogP contribution in [0.4, 0.5) is 13.2 Å². The summed E-state index contributed by atoms with van der Waals surface area (Å²) >= 11 is 6.11. The minimum atomic E-state index is -4.70. The predicted molar refractivity (Wildman–Crippen MR) is 103 cm³/mol. The Bertz CT molecular complexity index is 1130. The molecule has 2 aromatic heterocycles. The molecule has 4 rings (SSSR count). The van der Waals surface area contributed by atoms with Crippen LogP contribution >= 0.6 is 11.6 Å². The predicted octanol–water partition coefficient (Wildman–Crippen LogP) is 3.29. The molecule has 1 unspecified atom stereocenters. The molecular weight excluding hydrogens is 421 g/mol. The molecule has 0 spiro atoms. The number of carbonyl (C=O) groups is 1. The molecule has 1 atom stereocenters. The Morgan fingerprint density at radius 1 is 1.33 bits per heavy atom. The molecule has 1 N–H and O–H groups in total. The summed E-state index contributed by atoms with van der Waals surface area (Å²) in [5.74, 6) is -0.742. The SMILES string of the molecule is Cn1nnc2c1C=CC(CNC(=O)c1cc(C(F)(F)F)nn1-c1ccccc1Cl)C2. The van der Waals surface area contributed by atoms with Crippen LogP contribution in [-0.2, 0) is 19.6 Å². The van der Waals surface area contributed by atoms with E-state index in [0.717, 1.165) is 22.1 Å². The number of carbonyl (C=O) groups excluding carboxylic acids is 1. The lowest BCUT2D eigenvalue weighted by atomic mass is 9.96. The Balaban J connectivity index is 1.56. The first-order valence-corrected chi connectivity index (χ1v) is 9.39. The fraction of sp³-hybridized carbons (Fsp3) is 0.263. The third kappa shape index (κ3) is 3.82. The number of benzene rings is 1. The second-order valence-corrected chi connectivity index (χ2v) is 7.26. The quantitative estimate of drug-likeness (QED) is 0.681. The standard InChI is InChI=1S/C19H16ClF3N6O/c1-28-15-7-6-11(8-13(15)25-27-28)10-24-18(30)16-9-17(19(21,22)23)26-29(16)14-5-3-2-4-12(14)20/h2-7,9,11H,8,10H2,1H3,(H,24,30). The first-order valence-electron chi connectivity index (χ1n) is 9.01. The number of aryl methyl sites for hydroxylation is 1. The maximum atomic E-state index is 13.2. The number of amides is 1. The van der Waals surface area contributed by atoms with E-state index in [9.17, 15) is 18.0 Å². The van der Waals surface area contributed by atoms with Gasteiger partial charge in [0.2, 0.25) is 0 Å². The topological polar surface area (TPSA) is 77.6 Å². The first kappa shape index (κ1) is 20.1. The smallest absolute Gasteiger partial charge is 0.350 e. The lowest BCUT2D eigenvalue weighted by Gasteiger charge is -2.17. The van der Waals surface area contributed by atoms with E-state index in [-0.39, 0.29) is 28.9 Å². The van der Waals surface area contributed by atoms with Gasteiger partial charge in [-0.15, -0.1) is 5.10 Å². The highest BCUT2D eigenvalue weighted by Gasteiger charge is 2.36. The fourth-order valence-electron chi connectivity index (χ4n) is 3.24. The highest BCUT2D eigenvalue weighted by Crippen LogP contribution is 2.31. The second kappa shape index (κ2) is 7.60. The molecule has 0 saturated carbocycles. The minimum Gasteiger partial charge on any atom is -0.350 e. The molecule has 1 aliphatic carbocycles. The number of hydrogen-bond acceptors (Lipinski definition) is 4. The molecule has 30 heavy (non-hydrogen) atoms. The van der Waals surface area contributed by atoms with Crippen LogP contribution in [0, 0.1) is 5.92 Å². The van der Waals surface area contributed by atoms with Crippen LogP contribution in [0.1, 0.15) is 27.6 Å². The number of alkyl halides is 3. The Morgan fingerprint density at radius 2 is 2.10 bits per heavy atom. The summed E-state index contributed by atoms with van der Waals surface area (Å²) in [5.41, 5.74) is 0.454. The Kier molecular flexibility index (Phi) is 5.10. The van der Waals surface area contributed by atoms with Gasteiger partial charge in [0.1, 0.15) is 5.69 Å². The molecule has 1 amide bonds. The highest BCUT2D eigenvalue weighted by molar-refractivity contribution is 6.32. The number of halogens is 4. The van der Waals surface area contributed by atoms with Gasteiger partial charge in [0, 0.05) is 32.0 Å². The van der Waals surface area contributed by atoms with E-state index in [0.29, 0.717) is 6.42 Å². The van der Waals surface area contributed by atoms with Crippen molar-refractivity contribution in [3.05, 3.63) is 64.2 Å². The molecular formula is C19H16ClF3N6O. The summed E-state index contributed by atoms with van der Waals surface area (Å²) < 4.78 is 42.2. The molecule has 7 nitrogen and oxygen atoms in total. The van der Waals surface area contributed by atoms with Crippen molar-refractivity contribution in [3.8, 4) is 5.69 Å². The van der Waals surface area contributed by atoms with Gasteiger partial charge in [0.05, 0.1) is 22.1 Å². The average molecular weight is 437 g/mol. The van der Waals surface area contributed by atoms with Crippen molar-refractivity contribution in [3.63, 3.8) is 0 Å². The Hall–Kier alpha value is -3.14. The van der Waals surface area contributed by atoms with E-state index >= 15 is 0 Å². The molecule has 0 fully saturated rings. The van der Waals surface area contributed by atoms with Gasteiger partial charge in [-0.25, -0.2) is 9.36 Å². The van der Waals surface area contributed by atoms with Crippen molar-refractivity contribution in [2.75, 3.05) is 6.54 Å². The zero-order valence-corrected chi connectivity index (χ0v) is 16.4. The average Bonchev–Trinajstić information content (AvgIpc) is 3.31. The maximum Gasteiger partial charge on any atom is 0.435 e. The normalized spacial score (nSPS) is 15.8. The van der Waals surface area contributed by atoms with Gasteiger partial charge in [-0.2, -0.15) is 18.3 Å². The highest BCUT2D eigenvalue weighted by atomic mass is 35.5. The second-order valence-electron chi connectivity index (χ2n) is 6.85. The molecule has 1 aromatic carbocycles. The van der Waals surface area contributed by atoms with Crippen LogP contribution < -0.4 is 5.32 Å². The monoisotopic (exact) mass is 436 g/mol. The summed E-state index contributed by atoms with van der Waals surface area (Å²) in [6.45, 7) is 0.223. The van der Waals surface area contributed by atoms with Gasteiger partial charge in [-0.05, 0) is 18.2 Å². The summed E-state index contributed by atoms with van der Waals surface area (Å²) in [7, 11) is 1.78. The molecule has 1 aliphatic rings. The molecule has 0 saturated heterocycles. The summed E-state index contributed by atoms with van der Waals surface area (Å²) in [6, 6.07) is 6.96. The third-order valence-corrected chi connectivity index (χ3v) is 5.08. The summed E-state index contributed by atoms with van der Waals surface area (Å²) in [4.78, 5) is 12.7. The zero-order valence-electron chi connectivity index (χ0n) is 15.7. The van der Waals surface area contributed by atoms with Crippen LogP contribution in [0.3, 0.4) is 0 Å². The Morgan fingerprint density at radius 3 is 2.83 bits per heavy atom. The van der Waals surface area contributed by atoms with Gasteiger partial charge in [-0.3, -0.25) is 4.79 Å². The van der Waals surface area contributed by atoms with Crippen LogP contribution in [-0.4, -0.2) is 37.2 Å². The fourth-order valence-corrected chi connectivity index (χ4v) is 3.46. The molecule has 2 heterocycles. The van der Waals surface area contributed by atoms with Gasteiger partial charge in [0.15, 0.2) is 5.69 Å². The lowest BCUT2D eigenvalue weighted by Crippen LogP contribution is -2.31. The summed E-state index contributed by atoms with van der Waals surface area (Å²) in [6.07, 6.45) is -0.350. The van der Waals surface area contributed by atoms with Gasteiger partial charge in [0.25, 0.3) is 5.91 Å². The maximum absolute atomic E-state index is 13.2. The van der Waals surface area contributed by atoms with Crippen molar-refractivity contribution in [1.29, 1.82) is 0 Å². The number of hydrogen-bond donors (Lipinski definition) is 1. The van der Waals surface area contributed by atoms with Gasteiger partial charge < -0.3 is 5.32 Å². The van der Waals surface area contributed by atoms with Gasteiger partial charge in [-0.1, -0.05) is 35.0 Å². The number of nitrogens with zero attached hydrogens (tertiary/aromatic N) is 5. The molecule has 11 heteroatoms. The molecule has 0 bridgehead atoms. The molecule has 0 aliphatic heterocycles. The van der Waals surface area contributed by atoms with Crippen LogP contribution in [0.15, 0.2) is 36.4 Å². The molecule has 3 aromatic rings. The van der Waals surface area contributed by atoms with E-state index in [4.69, 9.17) is 11.6 Å². The van der Waals surface area contributed by atoms with E-state index in [1.807, 2.05) is 12.2 Å². The van der Waals surface area contributed by atoms with E-state index in [1.54, 1.807) is 23.9 Å². The van der Waals surface area contributed by atoms with Crippen molar-refractivity contribution in [1.82, 2.24) is 30.1 Å². The van der Waals surface area contributed by atoms with Crippen molar-refractivity contribution in [2.45, 2.75) is 12.6 Å². The number of fused-ring (bicyclic) bond motifs is 1. The van der Waals surface area contributed by atoms with Crippen LogP contribution in [0.2, 0.25) is 5.02 Å². The van der Waals surface area contributed by atoms with Crippen molar-refractivity contribution >= 4 is 23.6 Å². The number of nitrogens with one attached hydrogen (secondary N) is 1. The minimum absolute atomic E-state index is 0.0584. The van der Waals surface area contributed by atoms with Crippen LogP contribution in [0.5, 0.6) is 0 Å². The molecule has 156 valence electrons. The Labute approximate surface area is 174 Å². The van der Waals surface area contributed by atoms with Crippen molar-refractivity contribution in [2.24, 2.45) is 13.0 Å². The van der Waals surface area contributed by atoms with E-state index in [1.165, 1.54) is 12.1 Å². The first-order chi connectivity index (χ1) is 14.2. The number of aromatic nitrogens is 5. The van der Waals surface area contributed by atoms with Crippen LogP contribution in [0.25, 0.3) is 11.8 Å². The zero-order chi connectivity index (χ0) is 21.5. The van der Waals surface area contributed by atoms with E-state index < -0.39 is 17.8 Å². The number of rotatable bonds is 4.